The molecule has 0 aromatic carbocycles. The zero-order chi connectivity index (χ0) is 14.8. The lowest BCUT2D eigenvalue weighted by molar-refractivity contribution is -0.233. The van der Waals surface area contributed by atoms with E-state index in [-0.39, 0.29) is 0 Å². The van der Waals surface area contributed by atoms with E-state index in [4.69, 9.17) is 14.7 Å². The maximum atomic E-state index is 11.6. The first-order valence-corrected chi connectivity index (χ1v) is 5.79. The van der Waals surface area contributed by atoms with Crippen molar-refractivity contribution in [1.29, 1.82) is 0 Å². The molecule has 1 aliphatic rings. The van der Waals surface area contributed by atoms with Crippen molar-refractivity contribution in [2.75, 3.05) is 6.61 Å². The van der Waals surface area contributed by atoms with Crippen LogP contribution < -0.4 is 5.32 Å². The molecule has 0 aromatic rings. The third-order valence-corrected chi connectivity index (χ3v) is 2.33. The Bertz CT molecular complexity index is 389. The van der Waals surface area contributed by atoms with Gasteiger partial charge in [-0.2, -0.15) is 0 Å². The van der Waals surface area contributed by atoms with Gasteiger partial charge in [0.15, 0.2) is 6.61 Å². The molecule has 2 unspecified atom stereocenters. The van der Waals surface area contributed by atoms with Gasteiger partial charge >= 0.3 is 12.1 Å². The van der Waals surface area contributed by atoms with Crippen LogP contribution in [0.5, 0.6) is 0 Å². The predicted octanol–water partition coefficient (Wildman–Crippen LogP) is 0.127. The smallest absolute Gasteiger partial charge is 0.408 e. The van der Waals surface area contributed by atoms with Gasteiger partial charge in [0.05, 0.1) is 6.04 Å². The zero-order valence-corrected chi connectivity index (χ0v) is 11.3. The number of aliphatic carboxylic acids is 1. The van der Waals surface area contributed by atoms with Crippen molar-refractivity contribution in [1.82, 2.24) is 10.4 Å². The van der Waals surface area contributed by atoms with Crippen molar-refractivity contribution < 1.29 is 29.1 Å². The number of amides is 2. The first-order chi connectivity index (χ1) is 8.61. The highest BCUT2D eigenvalue weighted by molar-refractivity contribution is 5.91. The minimum absolute atomic E-state index is 0.445. The summed E-state index contributed by atoms with van der Waals surface area (Å²) in [4.78, 5) is 38.2. The van der Waals surface area contributed by atoms with Crippen molar-refractivity contribution in [3.8, 4) is 0 Å². The minimum Gasteiger partial charge on any atom is -0.479 e. The molecule has 2 amide bonds. The van der Waals surface area contributed by atoms with Gasteiger partial charge in [0, 0.05) is 0 Å². The second-order valence-corrected chi connectivity index (χ2v) is 5.20. The number of carboxylic acids is 1. The molecule has 0 radical (unpaired) electrons. The molecular weight excluding hydrogens is 256 g/mol. The fourth-order valence-corrected chi connectivity index (χ4v) is 1.52. The number of ether oxygens (including phenoxy) is 1. The van der Waals surface area contributed by atoms with E-state index in [1.165, 1.54) is 0 Å². The summed E-state index contributed by atoms with van der Waals surface area (Å²) in [6.07, 6.45) is -0.699. The molecule has 1 saturated heterocycles. The highest BCUT2D eigenvalue weighted by atomic mass is 16.7. The molecule has 0 aromatic heterocycles. The molecule has 8 nitrogen and oxygen atoms in total. The van der Waals surface area contributed by atoms with Crippen LogP contribution in [0.3, 0.4) is 0 Å². The average molecular weight is 274 g/mol. The Morgan fingerprint density at radius 2 is 2.00 bits per heavy atom. The summed E-state index contributed by atoms with van der Waals surface area (Å²) < 4.78 is 5.02. The van der Waals surface area contributed by atoms with Crippen LogP contribution in [0.2, 0.25) is 0 Å². The Labute approximate surface area is 110 Å². The van der Waals surface area contributed by atoms with Crippen molar-refractivity contribution in [2.24, 2.45) is 0 Å². The molecule has 1 heterocycles. The zero-order valence-electron chi connectivity index (χ0n) is 11.3. The summed E-state index contributed by atoms with van der Waals surface area (Å²) in [5, 5.41) is 11.8. The second kappa shape index (κ2) is 5.43. The number of nitrogens with one attached hydrogen (secondary N) is 1. The van der Waals surface area contributed by atoms with E-state index in [0.29, 0.717) is 0 Å². The predicted molar refractivity (Wildman–Crippen MR) is 63.1 cm³/mol. The number of nitrogens with zero attached hydrogens (tertiary/aromatic N) is 1. The molecule has 2 N–H and O–H groups in total. The third kappa shape index (κ3) is 4.09. The van der Waals surface area contributed by atoms with Gasteiger partial charge in [0.2, 0.25) is 0 Å². The summed E-state index contributed by atoms with van der Waals surface area (Å²) in [5.74, 6) is -1.68. The van der Waals surface area contributed by atoms with Gasteiger partial charge in [-0.05, 0) is 27.7 Å². The summed E-state index contributed by atoms with van der Waals surface area (Å²) in [7, 11) is 0. The first-order valence-electron chi connectivity index (χ1n) is 5.79. The molecule has 1 fully saturated rings. The highest BCUT2D eigenvalue weighted by Gasteiger charge is 2.47. The molecule has 1 aliphatic heterocycles. The fourth-order valence-electron chi connectivity index (χ4n) is 1.52. The van der Waals surface area contributed by atoms with Crippen molar-refractivity contribution in [3.05, 3.63) is 0 Å². The van der Waals surface area contributed by atoms with Gasteiger partial charge in [-0.25, -0.2) is 14.7 Å². The Balaban J connectivity index is 2.44. The maximum absolute atomic E-state index is 11.6. The Morgan fingerprint density at radius 3 is 2.42 bits per heavy atom. The van der Waals surface area contributed by atoms with Crippen LogP contribution in [0.25, 0.3) is 0 Å². The number of carbonyl (C=O) groups is 3. The largest absolute Gasteiger partial charge is 0.479 e. The van der Waals surface area contributed by atoms with Crippen molar-refractivity contribution in [2.45, 2.75) is 45.4 Å². The minimum atomic E-state index is -1.18. The fraction of sp³-hybridized carbons (Fsp3) is 0.727. The van der Waals surface area contributed by atoms with Gasteiger partial charge in [0.25, 0.3) is 5.91 Å². The van der Waals surface area contributed by atoms with Gasteiger partial charge in [-0.15, -0.1) is 0 Å². The van der Waals surface area contributed by atoms with Gasteiger partial charge < -0.3 is 15.2 Å². The van der Waals surface area contributed by atoms with E-state index in [1.54, 1.807) is 27.7 Å². The van der Waals surface area contributed by atoms with Gasteiger partial charge in [-0.1, -0.05) is 0 Å². The Hall–Kier alpha value is -1.83. The van der Waals surface area contributed by atoms with Crippen LogP contribution in [0.4, 0.5) is 4.79 Å². The quantitative estimate of drug-likeness (QED) is 0.706. The molecule has 0 spiro atoms. The molecule has 0 bridgehead atoms. The number of hydrogen-bond donors (Lipinski definition) is 2. The van der Waals surface area contributed by atoms with Crippen molar-refractivity contribution >= 4 is 18.0 Å². The molecule has 0 saturated carbocycles. The van der Waals surface area contributed by atoms with Gasteiger partial charge in [-0.3, -0.25) is 9.63 Å². The summed E-state index contributed by atoms with van der Waals surface area (Å²) >= 11 is 0. The standard InChI is InChI=1S/C11H18N2O6/c1-6-8(12-10(17)19-11(2,3)4)9(16)13(6)18-5-7(14)15/h6,8H,5H2,1-4H3,(H,12,17)(H,14,15). The molecule has 2 atom stereocenters. The maximum Gasteiger partial charge on any atom is 0.408 e. The monoisotopic (exact) mass is 274 g/mol. The van der Waals surface area contributed by atoms with Crippen LogP contribution in [0.15, 0.2) is 0 Å². The van der Waals surface area contributed by atoms with Crippen LogP contribution in [-0.2, 0) is 19.2 Å². The first kappa shape index (κ1) is 15.2. The second-order valence-electron chi connectivity index (χ2n) is 5.20. The SMILES string of the molecule is CC1C(NC(=O)OC(C)(C)C)C(=O)N1OCC(=O)O. The molecular formula is C11H18N2O6. The van der Waals surface area contributed by atoms with Gasteiger partial charge in [0.1, 0.15) is 11.6 Å². The van der Waals surface area contributed by atoms with E-state index >= 15 is 0 Å². The topological polar surface area (TPSA) is 105 Å². The van der Waals surface area contributed by atoms with Crippen LogP contribution in [0.1, 0.15) is 27.7 Å². The van der Waals surface area contributed by atoms with E-state index in [0.717, 1.165) is 5.06 Å². The van der Waals surface area contributed by atoms with E-state index in [1.807, 2.05) is 0 Å². The third-order valence-electron chi connectivity index (χ3n) is 2.33. The number of β-lactam (4-membered cyclic amide) rings is 1. The summed E-state index contributed by atoms with van der Waals surface area (Å²) in [6, 6.07) is -1.21. The molecule has 0 aliphatic carbocycles. The normalized spacial score (nSPS) is 22.7. The molecule has 8 heteroatoms. The highest BCUT2D eigenvalue weighted by Crippen LogP contribution is 2.20. The number of carbonyl (C=O) groups excluding carboxylic acids is 2. The lowest BCUT2D eigenvalue weighted by Crippen LogP contribution is -2.69. The average Bonchev–Trinajstić information content (AvgIpc) is 2.23. The lowest BCUT2D eigenvalue weighted by Gasteiger charge is -2.43. The Morgan fingerprint density at radius 1 is 1.42 bits per heavy atom. The number of hydroxylamine groups is 2. The molecule has 19 heavy (non-hydrogen) atoms. The molecule has 108 valence electrons. The van der Waals surface area contributed by atoms with Crippen LogP contribution in [0, 0.1) is 0 Å². The van der Waals surface area contributed by atoms with Crippen molar-refractivity contribution in [3.63, 3.8) is 0 Å². The van der Waals surface area contributed by atoms with Crippen LogP contribution >= 0.6 is 0 Å². The summed E-state index contributed by atoms with van der Waals surface area (Å²) in [6.45, 7) is 6.16. The van der Waals surface area contributed by atoms with Crippen LogP contribution in [-0.4, -0.2) is 52.4 Å². The number of carboxylic acid groups (broad SMARTS) is 1. The van der Waals surface area contributed by atoms with E-state index in [9.17, 15) is 14.4 Å². The summed E-state index contributed by atoms with van der Waals surface area (Å²) in [5.41, 5.74) is -0.653. The number of alkyl carbamates (subject to hydrolysis) is 1. The Kier molecular flexibility index (Phi) is 4.35. The number of rotatable bonds is 4. The lowest BCUT2D eigenvalue weighted by atomic mass is 10.0. The number of hydrogen-bond acceptors (Lipinski definition) is 5. The van der Waals surface area contributed by atoms with E-state index < -0.39 is 42.3 Å². The van der Waals surface area contributed by atoms with E-state index in [2.05, 4.69) is 5.32 Å². The molecule has 1 rings (SSSR count).